The van der Waals surface area contributed by atoms with E-state index in [9.17, 15) is 4.79 Å². The first-order valence-electron chi connectivity index (χ1n) is 5.61. The minimum Gasteiger partial charge on any atom is -0.367 e. The molecule has 90 valence electrons. The Bertz CT molecular complexity index is 172. The second kappa shape index (κ2) is 8.68. The monoisotopic (exact) mass is 216 g/mol. The number of hydrogen-bond donors (Lipinski definition) is 2. The summed E-state index contributed by atoms with van der Waals surface area (Å²) in [5, 5.41) is 5.82. The van der Waals surface area contributed by atoms with Gasteiger partial charge >= 0.3 is 0 Å². The zero-order valence-electron chi connectivity index (χ0n) is 10.3. The molecule has 0 aromatic carbocycles. The summed E-state index contributed by atoms with van der Waals surface area (Å²) in [6.07, 6.45) is 0.653. The third kappa shape index (κ3) is 8.39. The lowest BCUT2D eigenvalue weighted by molar-refractivity contribution is -0.131. The molecule has 0 bridgehead atoms. The average molecular weight is 216 g/mol. The number of amides is 1. The zero-order valence-corrected chi connectivity index (χ0v) is 10.3. The third-order valence-corrected chi connectivity index (χ3v) is 2.11. The minimum atomic E-state index is -0.356. The summed E-state index contributed by atoms with van der Waals surface area (Å²) in [4.78, 5) is 11.5. The molecule has 0 aromatic heterocycles. The van der Waals surface area contributed by atoms with Crippen LogP contribution in [0.15, 0.2) is 0 Å². The van der Waals surface area contributed by atoms with Gasteiger partial charge in [-0.05, 0) is 26.3 Å². The Morgan fingerprint density at radius 3 is 2.47 bits per heavy atom. The number of nitrogens with one attached hydrogen (secondary N) is 2. The molecule has 1 amide bonds. The van der Waals surface area contributed by atoms with E-state index in [-0.39, 0.29) is 12.0 Å². The fourth-order valence-electron chi connectivity index (χ4n) is 1.04. The van der Waals surface area contributed by atoms with E-state index in [0.29, 0.717) is 12.5 Å². The normalized spacial score (nSPS) is 12.9. The van der Waals surface area contributed by atoms with Crippen molar-refractivity contribution >= 4 is 5.91 Å². The highest BCUT2D eigenvalue weighted by Crippen LogP contribution is 1.97. The van der Waals surface area contributed by atoms with E-state index < -0.39 is 0 Å². The standard InChI is InChI=1S/C11H24N2O2/c1-9(2)5-6-13-11(14)10(3)15-8-7-12-4/h9-10,12H,5-8H2,1-4H3,(H,13,14). The van der Waals surface area contributed by atoms with E-state index in [2.05, 4.69) is 24.5 Å². The van der Waals surface area contributed by atoms with Crippen molar-refractivity contribution in [3.8, 4) is 0 Å². The van der Waals surface area contributed by atoms with Crippen LogP contribution in [-0.4, -0.2) is 38.8 Å². The van der Waals surface area contributed by atoms with Crippen molar-refractivity contribution in [2.45, 2.75) is 33.3 Å². The largest absolute Gasteiger partial charge is 0.367 e. The van der Waals surface area contributed by atoms with Gasteiger partial charge in [0.2, 0.25) is 5.91 Å². The molecule has 0 aliphatic carbocycles. The van der Waals surface area contributed by atoms with E-state index in [1.54, 1.807) is 6.92 Å². The maximum atomic E-state index is 11.5. The highest BCUT2D eigenvalue weighted by Gasteiger charge is 2.11. The molecule has 0 heterocycles. The lowest BCUT2D eigenvalue weighted by Gasteiger charge is -2.13. The highest BCUT2D eigenvalue weighted by molar-refractivity contribution is 5.80. The molecule has 2 N–H and O–H groups in total. The van der Waals surface area contributed by atoms with E-state index >= 15 is 0 Å². The Morgan fingerprint density at radius 1 is 1.27 bits per heavy atom. The number of carbonyl (C=O) groups excluding carboxylic acids is 1. The first-order chi connectivity index (χ1) is 7.07. The van der Waals surface area contributed by atoms with Crippen LogP contribution in [0.5, 0.6) is 0 Å². The summed E-state index contributed by atoms with van der Waals surface area (Å²) >= 11 is 0. The van der Waals surface area contributed by atoms with Gasteiger partial charge in [0, 0.05) is 13.1 Å². The molecule has 0 aromatic rings. The molecule has 0 aliphatic rings. The third-order valence-electron chi connectivity index (χ3n) is 2.11. The van der Waals surface area contributed by atoms with Crippen LogP contribution < -0.4 is 10.6 Å². The van der Waals surface area contributed by atoms with E-state index in [4.69, 9.17) is 4.74 Å². The molecule has 0 fully saturated rings. The van der Waals surface area contributed by atoms with Crippen molar-refractivity contribution in [2.75, 3.05) is 26.7 Å². The lowest BCUT2D eigenvalue weighted by atomic mass is 10.1. The van der Waals surface area contributed by atoms with Gasteiger partial charge in [-0.3, -0.25) is 4.79 Å². The molecule has 4 nitrogen and oxygen atoms in total. The van der Waals surface area contributed by atoms with E-state index in [0.717, 1.165) is 19.5 Å². The molecule has 15 heavy (non-hydrogen) atoms. The predicted octanol–water partition coefficient (Wildman–Crippen LogP) is 0.773. The van der Waals surface area contributed by atoms with Crippen LogP contribution in [0, 0.1) is 5.92 Å². The SMILES string of the molecule is CNCCOC(C)C(=O)NCCC(C)C. The van der Waals surface area contributed by atoms with Crippen molar-refractivity contribution in [3.05, 3.63) is 0 Å². The number of rotatable bonds is 8. The molecular weight excluding hydrogens is 192 g/mol. The van der Waals surface area contributed by atoms with Crippen LogP contribution in [0.1, 0.15) is 27.2 Å². The molecule has 0 saturated heterocycles. The van der Waals surface area contributed by atoms with Crippen LogP contribution in [0.2, 0.25) is 0 Å². The van der Waals surface area contributed by atoms with Gasteiger partial charge in [-0.15, -0.1) is 0 Å². The van der Waals surface area contributed by atoms with Gasteiger partial charge in [-0.25, -0.2) is 0 Å². The average Bonchev–Trinajstić information content (AvgIpc) is 2.17. The summed E-state index contributed by atoms with van der Waals surface area (Å²) < 4.78 is 5.33. The molecule has 0 aliphatic heterocycles. The number of carbonyl (C=O) groups is 1. The molecule has 0 spiro atoms. The van der Waals surface area contributed by atoms with Gasteiger partial charge in [0.05, 0.1) is 6.61 Å². The molecule has 4 heteroatoms. The Balaban J connectivity index is 3.51. The first-order valence-corrected chi connectivity index (χ1v) is 5.61. The number of ether oxygens (including phenoxy) is 1. The molecule has 1 atom stereocenters. The molecule has 0 radical (unpaired) electrons. The molecule has 0 saturated carbocycles. The van der Waals surface area contributed by atoms with Crippen LogP contribution in [-0.2, 0) is 9.53 Å². The molecule has 0 rings (SSSR count). The van der Waals surface area contributed by atoms with Gasteiger partial charge < -0.3 is 15.4 Å². The van der Waals surface area contributed by atoms with Gasteiger partial charge in [-0.1, -0.05) is 13.8 Å². The van der Waals surface area contributed by atoms with Crippen LogP contribution in [0.25, 0.3) is 0 Å². The predicted molar refractivity (Wildman–Crippen MR) is 61.8 cm³/mol. The van der Waals surface area contributed by atoms with E-state index in [1.807, 2.05) is 7.05 Å². The second-order valence-electron chi connectivity index (χ2n) is 4.09. The molecule has 1 unspecified atom stereocenters. The molecular formula is C11H24N2O2. The van der Waals surface area contributed by atoms with Crippen LogP contribution in [0.4, 0.5) is 0 Å². The quantitative estimate of drug-likeness (QED) is 0.589. The van der Waals surface area contributed by atoms with Crippen molar-refractivity contribution in [3.63, 3.8) is 0 Å². The first kappa shape index (κ1) is 14.4. The summed E-state index contributed by atoms with van der Waals surface area (Å²) in [5.74, 6) is 0.595. The number of likely N-dealkylation sites (N-methyl/N-ethyl adjacent to an activating group) is 1. The fourth-order valence-corrected chi connectivity index (χ4v) is 1.04. The Morgan fingerprint density at radius 2 is 1.93 bits per heavy atom. The second-order valence-corrected chi connectivity index (χ2v) is 4.09. The fraction of sp³-hybridized carbons (Fsp3) is 0.909. The lowest BCUT2D eigenvalue weighted by Crippen LogP contribution is -2.36. The Kier molecular flexibility index (Phi) is 8.33. The summed E-state index contributed by atoms with van der Waals surface area (Å²) in [7, 11) is 1.86. The van der Waals surface area contributed by atoms with Gasteiger partial charge in [-0.2, -0.15) is 0 Å². The summed E-state index contributed by atoms with van der Waals surface area (Å²) in [5.41, 5.74) is 0. The summed E-state index contributed by atoms with van der Waals surface area (Å²) in [6, 6.07) is 0. The maximum absolute atomic E-state index is 11.5. The number of hydrogen-bond acceptors (Lipinski definition) is 3. The van der Waals surface area contributed by atoms with Crippen LogP contribution in [0.3, 0.4) is 0 Å². The van der Waals surface area contributed by atoms with Gasteiger partial charge in [0.25, 0.3) is 0 Å². The zero-order chi connectivity index (χ0) is 11.7. The van der Waals surface area contributed by atoms with Crippen molar-refractivity contribution in [2.24, 2.45) is 5.92 Å². The Hall–Kier alpha value is -0.610. The van der Waals surface area contributed by atoms with Gasteiger partial charge in [0.15, 0.2) is 0 Å². The summed E-state index contributed by atoms with van der Waals surface area (Å²) in [6.45, 7) is 8.12. The topological polar surface area (TPSA) is 50.4 Å². The maximum Gasteiger partial charge on any atom is 0.248 e. The highest BCUT2D eigenvalue weighted by atomic mass is 16.5. The minimum absolute atomic E-state index is 0.0215. The van der Waals surface area contributed by atoms with Crippen molar-refractivity contribution in [1.29, 1.82) is 0 Å². The van der Waals surface area contributed by atoms with E-state index in [1.165, 1.54) is 0 Å². The Labute approximate surface area is 92.8 Å². The van der Waals surface area contributed by atoms with Crippen LogP contribution >= 0.6 is 0 Å². The van der Waals surface area contributed by atoms with Gasteiger partial charge in [0.1, 0.15) is 6.10 Å². The van der Waals surface area contributed by atoms with Crippen molar-refractivity contribution in [1.82, 2.24) is 10.6 Å². The smallest absolute Gasteiger partial charge is 0.248 e. The van der Waals surface area contributed by atoms with Crippen molar-refractivity contribution < 1.29 is 9.53 Å².